The van der Waals surface area contributed by atoms with Gasteiger partial charge in [-0.05, 0) is 76.8 Å². The first-order valence-corrected chi connectivity index (χ1v) is 14.2. The summed E-state index contributed by atoms with van der Waals surface area (Å²) in [7, 11) is 0. The Labute approximate surface area is 239 Å². The number of amides is 2. The molecule has 0 radical (unpaired) electrons. The minimum atomic E-state index is -0.658. The van der Waals surface area contributed by atoms with E-state index in [4.69, 9.17) is 9.47 Å². The van der Waals surface area contributed by atoms with Crippen molar-refractivity contribution in [1.29, 1.82) is 0 Å². The molecule has 1 atom stereocenters. The van der Waals surface area contributed by atoms with Gasteiger partial charge in [-0.25, -0.2) is 0 Å². The average molecular weight is 545 g/mol. The van der Waals surface area contributed by atoms with E-state index in [-0.39, 0.29) is 18.2 Å². The predicted octanol–water partition coefficient (Wildman–Crippen LogP) is 6.28. The van der Waals surface area contributed by atoms with Gasteiger partial charge in [-0.15, -0.1) is 0 Å². The van der Waals surface area contributed by atoms with Crippen molar-refractivity contribution in [2.24, 2.45) is 0 Å². The Morgan fingerprint density at radius 3 is 2.08 bits per heavy atom. The first-order valence-electron chi connectivity index (χ1n) is 14.2. The quantitative estimate of drug-likeness (QED) is 0.275. The summed E-state index contributed by atoms with van der Waals surface area (Å²) >= 11 is 0. The van der Waals surface area contributed by atoms with E-state index in [9.17, 15) is 9.59 Å². The SMILES string of the molecule is CCOc1ccc(CCC(=O)N(Cc2ccc(C)cc2)C(Cc2ccccc2)C(=O)NC(C)(C)C)cc1OCC. The second-order valence-corrected chi connectivity index (χ2v) is 11.1. The molecule has 3 aromatic carbocycles. The molecule has 40 heavy (non-hydrogen) atoms. The lowest BCUT2D eigenvalue weighted by molar-refractivity contribution is -0.141. The molecule has 0 fully saturated rings. The summed E-state index contributed by atoms with van der Waals surface area (Å²) in [6.07, 6.45) is 1.21. The molecule has 6 nitrogen and oxygen atoms in total. The Hall–Kier alpha value is -3.80. The molecule has 1 unspecified atom stereocenters. The van der Waals surface area contributed by atoms with E-state index >= 15 is 0 Å². The van der Waals surface area contributed by atoms with E-state index in [0.29, 0.717) is 44.1 Å². The van der Waals surface area contributed by atoms with Crippen molar-refractivity contribution in [3.63, 3.8) is 0 Å². The van der Waals surface area contributed by atoms with Gasteiger partial charge in [0, 0.05) is 24.9 Å². The van der Waals surface area contributed by atoms with Crippen LogP contribution in [0.4, 0.5) is 0 Å². The Balaban J connectivity index is 1.91. The number of nitrogens with zero attached hydrogens (tertiary/aromatic N) is 1. The maximum atomic E-state index is 14.0. The molecule has 0 aliphatic heterocycles. The van der Waals surface area contributed by atoms with Gasteiger partial charge in [-0.1, -0.05) is 66.2 Å². The third-order valence-electron chi connectivity index (χ3n) is 6.48. The van der Waals surface area contributed by atoms with Gasteiger partial charge in [0.05, 0.1) is 13.2 Å². The van der Waals surface area contributed by atoms with Gasteiger partial charge in [-0.2, -0.15) is 0 Å². The van der Waals surface area contributed by atoms with Crippen LogP contribution in [-0.4, -0.2) is 41.5 Å². The molecular formula is C34H44N2O4. The molecular weight excluding hydrogens is 500 g/mol. The summed E-state index contributed by atoms with van der Waals surface area (Å²) < 4.78 is 11.5. The second-order valence-electron chi connectivity index (χ2n) is 11.1. The molecule has 0 aliphatic rings. The van der Waals surface area contributed by atoms with Gasteiger partial charge >= 0.3 is 0 Å². The number of hydrogen-bond donors (Lipinski definition) is 1. The molecule has 2 amide bonds. The van der Waals surface area contributed by atoms with Gasteiger partial charge in [0.25, 0.3) is 0 Å². The van der Waals surface area contributed by atoms with Crippen molar-refractivity contribution in [1.82, 2.24) is 10.2 Å². The molecule has 0 saturated carbocycles. The number of nitrogens with one attached hydrogen (secondary N) is 1. The highest BCUT2D eigenvalue weighted by atomic mass is 16.5. The number of hydrogen-bond acceptors (Lipinski definition) is 4. The maximum Gasteiger partial charge on any atom is 0.243 e. The van der Waals surface area contributed by atoms with Crippen LogP contribution >= 0.6 is 0 Å². The van der Waals surface area contributed by atoms with Crippen molar-refractivity contribution in [2.75, 3.05) is 13.2 Å². The van der Waals surface area contributed by atoms with Crippen molar-refractivity contribution in [2.45, 2.75) is 78.9 Å². The van der Waals surface area contributed by atoms with Crippen LogP contribution in [-0.2, 0) is 29.0 Å². The maximum absolute atomic E-state index is 14.0. The lowest BCUT2D eigenvalue weighted by Crippen LogP contribution is -2.54. The van der Waals surface area contributed by atoms with Gasteiger partial charge in [-0.3, -0.25) is 9.59 Å². The zero-order chi connectivity index (χ0) is 29.1. The smallest absolute Gasteiger partial charge is 0.243 e. The molecule has 0 aliphatic carbocycles. The molecule has 0 saturated heterocycles. The lowest BCUT2D eigenvalue weighted by Gasteiger charge is -2.34. The highest BCUT2D eigenvalue weighted by molar-refractivity contribution is 5.88. The third kappa shape index (κ3) is 9.44. The zero-order valence-electron chi connectivity index (χ0n) is 24.8. The van der Waals surface area contributed by atoms with E-state index in [0.717, 1.165) is 22.3 Å². The molecule has 3 rings (SSSR count). The van der Waals surface area contributed by atoms with Crippen molar-refractivity contribution in [3.05, 3.63) is 95.1 Å². The van der Waals surface area contributed by atoms with Crippen LogP contribution in [0.5, 0.6) is 11.5 Å². The monoisotopic (exact) mass is 544 g/mol. The molecule has 0 aromatic heterocycles. The van der Waals surface area contributed by atoms with Crippen LogP contribution in [0, 0.1) is 6.92 Å². The Bertz CT molecular complexity index is 1230. The molecule has 1 N–H and O–H groups in total. The van der Waals surface area contributed by atoms with Crippen LogP contribution in [0.15, 0.2) is 72.8 Å². The number of ether oxygens (including phenoxy) is 2. The predicted molar refractivity (Wildman–Crippen MR) is 161 cm³/mol. The largest absolute Gasteiger partial charge is 0.490 e. The summed E-state index contributed by atoms with van der Waals surface area (Å²) in [5.74, 6) is 1.15. The highest BCUT2D eigenvalue weighted by Gasteiger charge is 2.32. The highest BCUT2D eigenvalue weighted by Crippen LogP contribution is 2.29. The van der Waals surface area contributed by atoms with Crippen LogP contribution in [0.3, 0.4) is 0 Å². The Kier molecular flexibility index (Phi) is 11.2. The summed E-state index contributed by atoms with van der Waals surface area (Å²) in [5, 5.41) is 3.12. The fraction of sp³-hybridized carbons (Fsp3) is 0.412. The fourth-order valence-electron chi connectivity index (χ4n) is 4.54. The van der Waals surface area contributed by atoms with E-state index in [1.54, 1.807) is 4.90 Å². The van der Waals surface area contributed by atoms with Crippen LogP contribution < -0.4 is 14.8 Å². The topological polar surface area (TPSA) is 67.9 Å². The van der Waals surface area contributed by atoms with Crippen molar-refractivity contribution < 1.29 is 19.1 Å². The van der Waals surface area contributed by atoms with Gasteiger partial charge < -0.3 is 19.7 Å². The van der Waals surface area contributed by atoms with Crippen LogP contribution in [0.1, 0.15) is 63.3 Å². The van der Waals surface area contributed by atoms with Crippen LogP contribution in [0.2, 0.25) is 0 Å². The Morgan fingerprint density at radius 2 is 1.45 bits per heavy atom. The minimum absolute atomic E-state index is 0.0718. The summed E-state index contributed by atoms with van der Waals surface area (Å²) in [6, 6.07) is 23.2. The summed E-state index contributed by atoms with van der Waals surface area (Å²) in [5.41, 5.74) is 3.69. The van der Waals surface area contributed by atoms with E-state index in [2.05, 4.69) is 5.32 Å². The van der Waals surface area contributed by atoms with E-state index < -0.39 is 11.6 Å². The number of rotatable bonds is 13. The third-order valence-corrected chi connectivity index (χ3v) is 6.48. The molecule has 6 heteroatoms. The lowest BCUT2D eigenvalue weighted by atomic mass is 9.99. The van der Waals surface area contributed by atoms with Gasteiger partial charge in [0.2, 0.25) is 11.8 Å². The van der Waals surface area contributed by atoms with Crippen LogP contribution in [0.25, 0.3) is 0 Å². The normalized spacial score (nSPS) is 11.9. The molecule has 0 heterocycles. The summed E-state index contributed by atoms with van der Waals surface area (Å²) in [4.78, 5) is 29.4. The summed E-state index contributed by atoms with van der Waals surface area (Å²) in [6.45, 7) is 13.2. The minimum Gasteiger partial charge on any atom is -0.490 e. The number of aryl methyl sites for hydroxylation is 2. The fourth-order valence-corrected chi connectivity index (χ4v) is 4.54. The molecule has 0 bridgehead atoms. The van der Waals surface area contributed by atoms with Gasteiger partial charge in [0.15, 0.2) is 11.5 Å². The Morgan fingerprint density at radius 1 is 0.825 bits per heavy atom. The number of benzene rings is 3. The first kappa shape index (κ1) is 30.7. The average Bonchev–Trinajstić information content (AvgIpc) is 2.91. The van der Waals surface area contributed by atoms with Crippen molar-refractivity contribution in [3.8, 4) is 11.5 Å². The molecule has 3 aromatic rings. The zero-order valence-corrected chi connectivity index (χ0v) is 24.8. The molecule has 0 spiro atoms. The first-order chi connectivity index (χ1) is 19.1. The number of carbonyl (C=O) groups excluding carboxylic acids is 2. The van der Waals surface area contributed by atoms with E-state index in [1.165, 1.54) is 0 Å². The number of carbonyl (C=O) groups is 2. The second kappa shape index (κ2) is 14.5. The van der Waals surface area contributed by atoms with Crippen molar-refractivity contribution >= 4 is 11.8 Å². The molecule has 214 valence electrons. The van der Waals surface area contributed by atoms with E-state index in [1.807, 2.05) is 114 Å². The standard InChI is InChI=1S/C34H44N2O4/c1-7-39-30-20-18-27(23-31(30)40-8-2)19-21-32(37)36(24-28-16-14-25(3)15-17-28)29(33(38)35-34(4,5)6)22-26-12-10-9-11-13-26/h9-18,20,23,29H,7-8,19,21-22,24H2,1-6H3,(H,35,38). The van der Waals surface area contributed by atoms with Gasteiger partial charge in [0.1, 0.15) is 6.04 Å².